The SMILES string of the molecule is Cc1cccc(OCC2CN(S(=O)(=O)c3cn(C)cn3)CC2c2ccc(F)cc2)c1. The van der Waals surface area contributed by atoms with Gasteiger partial charge >= 0.3 is 0 Å². The van der Waals surface area contributed by atoms with Crippen LogP contribution in [0.5, 0.6) is 5.75 Å². The maximum Gasteiger partial charge on any atom is 0.262 e. The zero-order valence-corrected chi connectivity index (χ0v) is 17.7. The van der Waals surface area contributed by atoms with E-state index in [0.717, 1.165) is 16.9 Å². The van der Waals surface area contributed by atoms with Crippen LogP contribution in [0.2, 0.25) is 0 Å². The molecule has 2 unspecified atom stereocenters. The smallest absolute Gasteiger partial charge is 0.262 e. The van der Waals surface area contributed by atoms with Crippen LogP contribution in [0.15, 0.2) is 66.1 Å². The van der Waals surface area contributed by atoms with E-state index >= 15 is 0 Å². The van der Waals surface area contributed by atoms with Gasteiger partial charge in [-0.2, -0.15) is 4.31 Å². The van der Waals surface area contributed by atoms with E-state index in [0.29, 0.717) is 19.7 Å². The lowest BCUT2D eigenvalue weighted by Gasteiger charge is -2.19. The average molecular weight is 430 g/mol. The minimum Gasteiger partial charge on any atom is -0.493 e. The first-order chi connectivity index (χ1) is 14.3. The standard InChI is InChI=1S/C22H24FN3O3S/c1-16-4-3-5-20(10-16)29-14-18-11-26(30(27,28)22-13-25(2)15-24-22)12-21(18)17-6-8-19(23)9-7-17/h3-10,13,15,18,21H,11-12,14H2,1-2H3. The third kappa shape index (κ3) is 4.24. The molecular weight excluding hydrogens is 405 g/mol. The molecule has 6 nitrogen and oxygen atoms in total. The van der Waals surface area contributed by atoms with Crippen LogP contribution >= 0.6 is 0 Å². The third-order valence-electron chi connectivity index (χ3n) is 5.44. The van der Waals surface area contributed by atoms with Gasteiger partial charge in [0, 0.05) is 38.2 Å². The van der Waals surface area contributed by atoms with E-state index in [1.54, 1.807) is 23.7 Å². The number of halogens is 1. The number of aromatic nitrogens is 2. The Hall–Kier alpha value is -2.71. The first-order valence-corrected chi connectivity index (χ1v) is 11.2. The zero-order chi connectivity index (χ0) is 21.3. The molecule has 1 saturated heterocycles. The predicted octanol–water partition coefficient (Wildman–Crippen LogP) is 3.35. The van der Waals surface area contributed by atoms with Gasteiger partial charge in [0.1, 0.15) is 11.6 Å². The molecule has 0 aliphatic carbocycles. The minimum atomic E-state index is -3.72. The first kappa shape index (κ1) is 20.6. The zero-order valence-electron chi connectivity index (χ0n) is 16.9. The maximum absolute atomic E-state index is 13.4. The van der Waals surface area contributed by atoms with Crippen molar-refractivity contribution < 1.29 is 17.5 Å². The summed E-state index contributed by atoms with van der Waals surface area (Å²) in [4.78, 5) is 4.02. The normalized spacial score (nSPS) is 19.8. The van der Waals surface area contributed by atoms with Crippen LogP contribution in [-0.2, 0) is 17.1 Å². The summed E-state index contributed by atoms with van der Waals surface area (Å²) in [6.07, 6.45) is 2.97. The fraction of sp³-hybridized carbons (Fsp3) is 0.318. The first-order valence-electron chi connectivity index (χ1n) is 9.76. The van der Waals surface area contributed by atoms with Crippen molar-refractivity contribution in [2.45, 2.75) is 17.9 Å². The number of ether oxygens (including phenoxy) is 1. The maximum atomic E-state index is 13.4. The Labute approximate surface area is 176 Å². The van der Waals surface area contributed by atoms with Crippen molar-refractivity contribution in [3.63, 3.8) is 0 Å². The number of hydrogen-bond acceptors (Lipinski definition) is 4. The van der Waals surface area contributed by atoms with E-state index < -0.39 is 10.0 Å². The van der Waals surface area contributed by atoms with Crippen molar-refractivity contribution in [2.75, 3.05) is 19.7 Å². The number of benzene rings is 2. The summed E-state index contributed by atoms with van der Waals surface area (Å²) >= 11 is 0. The summed E-state index contributed by atoms with van der Waals surface area (Å²) in [6, 6.07) is 14.0. The van der Waals surface area contributed by atoms with E-state index in [2.05, 4.69) is 4.98 Å². The molecular formula is C22H24FN3O3S. The lowest BCUT2D eigenvalue weighted by molar-refractivity contribution is 0.244. The van der Waals surface area contributed by atoms with Crippen LogP contribution in [0.1, 0.15) is 17.0 Å². The van der Waals surface area contributed by atoms with Gasteiger partial charge in [0.15, 0.2) is 5.03 Å². The third-order valence-corrected chi connectivity index (χ3v) is 7.16. The number of hydrogen-bond donors (Lipinski definition) is 0. The molecule has 0 bridgehead atoms. The quantitative estimate of drug-likeness (QED) is 0.603. The topological polar surface area (TPSA) is 64.4 Å². The van der Waals surface area contributed by atoms with Gasteiger partial charge in [0.2, 0.25) is 0 Å². The second-order valence-corrected chi connectivity index (χ2v) is 9.63. The highest BCUT2D eigenvalue weighted by molar-refractivity contribution is 7.89. The molecule has 1 fully saturated rings. The van der Waals surface area contributed by atoms with Crippen molar-refractivity contribution in [3.05, 3.63) is 78.0 Å². The Kier molecular flexibility index (Phi) is 5.62. The van der Waals surface area contributed by atoms with Crippen LogP contribution in [0.25, 0.3) is 0 Å². The van der Waals surface area contributed by atoms with Crippen LogP contribution in [-0.4, -0.2) is 42.0 Å². The molecule has 1 aromatic heterocycles. The molecule has 2 aromatic carbocycles. The molecule has 30 heavy (non-hydrogen) atoms. The van der Waals surface area contributed by atoms with Gasteiger partial charge in [-0.05, 0) is 42.3 Å². The largest absolute Gasteiger partial charge is 0.493 e. The van der Waals surface area contributed by atoms with Crippen LogP contribution in [0.4, 0.5) is 4.39 Å². The van der Waals surface area contributed by atoms with Crippen molar-refractivity contribution in [1.29, 1.82) is 0 Å². The van der Waals surface area contributed by atoms with Crippen molar-refractivity contribution in [3.8, 4) is 5.75 Å². The molecule has 0 amide bonds. The molecule has 3 aromatic rings. The van der Waals surface area contributed by atoms with E-state index in [4.69, 9.17) is 4.74 Å². The van der Waals surface area contributed by atoms with E-state index in [9.17, 15) is 12.8 Å². The van der Waals surface area contributed by atoms with Gasteiger partial charge in [0.25, 0.3) is 10.0 Å². The minimum absolute atomic E-state index is 0.0307. The van der Waals surface area contributed by atoms with Crippen molar-refractivity contribution >= 4 is 10.0 Å². The molecule has 1 aliphatic heterocycles. The number of imidazole rings is 1. The molecule has 0 saturated carbocycles. The summed E-state index contributed by atoms with van der Waals surface area (Å²) in [5.74, 6) is 0.254. The summed E-state index contributed by atoms with van der Waals surface area (Å²) < 4.78 is 48.7. The summed E-state index contributed by atoms with van der Waals surface area (Å²) in [5.41, 5.74) is 1.99. The molecule has 1 aliphatic rings. The highest BCUT2D eigenvalue weighted by Crippen LogP contribution is 2.36. The molecule has 8 heteroatoms. The Bertz CT molecular complexity index is 1130. The summed E-state index contributed by atoms with van der Waals surface area (Å²) in [7, 11) is -1.99. The molecule has 0 spiro atoms. The van der Waals surface area contributed by atoms with Gasteiger partial charge < -0.3 is 9.30 Å². The highest BCUT2D eigenvalue weighted by atomic mass is 32.2. The highest BCUT2D eigenvalue weighted by Gasteiger charge is 2.41. The number of nitrogens with zero attached hydrogens (tertiary/aromatic N) is 3. The second-order valence-electron chi connectivity index (χ2n) is 7.75. The summed E-state index contributed by atoms with van der Waals surface area (Å²) in [6.45, 7) is 2.96. The van der Waals surface area contributed by atoms with Gasteiger partial charge in [-0.15, -0.1) is 0 Å². The van der Waals surface area contributed by atoms with Crippen LogP contribution in [0.3, 0.4) is 0 Å². The van der Waals surface area contributed by atoms with Crippen molar-refractivity contribution in [1.82, 2.24) is 13.9 Å². The van der Waals surface area contributed by atoms with Crippen LogP contribution in [0, 0.1) is 18.7 Å². The van der Waals surface area contributed by atoms with Crippen molar-refractivity contribution in [2.24, 2.45) is 13.0 Å². The Morgan fingerprint density at radius 3 is 2.60 bits per heavy atom. The fourth-order valence-corrected chi connectivity index (χ4v) is 5.34. The molecule has 2 atom stereocenters. The summed E-state index contributed by atoms with van der Waals surface area (Å²) in [5, 5.41) is 0.0307. The van der Waals surface area contributed by atoms with Gasteiger partial charge in [-0.25, -0.2) is 17.8 Å². The number of sulfonamides is 1. The van der Waals surface area contributed by atoms with E-state index in [1.807, 2.05) is 31.2 Å². The fourth-order valence-electron chi connectivity index (χ4n) is 3.85. The average Bonchev–Trinajstić information content (AvgIpc) is 3.34. The van der Waals surface area contributed by atoms with Gasteiger partial charge in [-0.1, -0.05) is 24.3 Å². The Morgan fingerprint density at radius 2 is 1.93 bits per heavy atom. The monoisotopic (exact) mass is 429 g/mol. The van der Waals surface area contributed by atoms with E-state index in [-0.39, 0.29) is 22.7 Å². The molecule has 2 heterocycles. The van der Waals surface area contributed by atoms with Crippen LogP contribution < -0.4 is 4.74 Å². The Balaban J connectivity index is 1.59. The Morgan fingerprint density at radius 1 is 1.17 bits per heavy atom. The molecule has 158 valence electrons. The van der Waals surface area contributed by atoms with E-state index in [1.165, 1.54) is 29.0 Å². The molecule has 0 N–H and O–H groups in total. The number of rotatable bonds is 6. The lowest BCUT2D eigenvalue weighted by Crippen LogP contribution is -2.30. The second kappa shape index (κ2) is 8.20. The lowest BCUT2D eigenvalue weighted by atomic mass is 9.89. The van der Waals surface area contributed by atoms with Gasteiger partial charge in [-0.3, -0.25) is 0 Å². The molecule has 4 rings (SSSR count). The van der Waals surface area contributed by atoms with Gasteiger partial charge in [0.05, 0.1) is 12.9 Å². The number of aryl methyl sites for hydroxylation is 2. The molecule has 0 radical (unpaired) electrons. The predicted molar refractivity (Wildman–Crippen MR) is 111 cm³/mol.